The molecule has 1 spiro atoms. The van der Waals surface area contributed by atoms with Gasteiger partial charge < -0.3 is 15.3 Å². The molecule has 1 saturated heterocycles. The first-order valence-electron chi connectivity index (χ1n) is 7.99. The van der Waals surface area contributed by atoms with Gasteiger partial charge in [0.2, 0.25) is 5.91 Å². The molecule has 1 aromatic carbocycles. The third-order valence-electron chi connectivity index (χ3n) is 4.96. The molecule has 0 atom stereocenters. The third kappa shape index (κ3) is 2.91. The second-order valence-corrected chi connectivity index (χ2v) is 6.31. The van der Waals surface area contributed by atoms with Crippen LogP contribution in [0.1, 0.15) is 37.7 Å². The molecular formula is C17H24N2O2. The number of aromatic hydroxyl groups is 1. The van der Waals surface area contributed by atoms with Gasteiger partial charge in [-0.1, -0.05) is 37.5 Å². The molecule has 3 rings (SSSR count). The number of nitrogens with zero attached hydrogens (tertiary/aromatic N) is 1. The van der Waals surface area contributed by atoms with Crippen LogP contribution in [0.25, 0.3) is 0 Å². The summed E-state index contributed by atoms with van der Waals surface area (Å²) in [5.74, 6) is 0.374. The van der Waals surface area contributed by atoms with E-state index >= 15 is 0 Å². The SMILES string of the molecule is O=C(Cc1ccccc1O)N1CCNCC12CCCCC2. The number of phenols is 1. The first kappa shape index (κ1) is 14.4. The molecule has 4 heteroatoms. The van der Waals surface area contributed by atoms with Gasteiger partial charge in [0.05, 0.1) is 12.0 Å². The quantitative estimate of drug-likeness (QED) is 0.876. The number of carbonyl (C=O) groups excluding carboxylic acids is 1. The van der Waals surface area contributed by atoms with Gasteiger partial charge in [-0.05, 0) is 18.9 Å². The van der Waals surface area contributed by atoms with Gasteiger partial charge in [0, 0.05) is 25.2 Å². The van der Waals surface area contributed by atoms with Crippen molar-refractivity contribution in [2.75, 3.05) is 19.6 Å². The summed E-state index contributed by atoms with van der Waals surface area (Å²) in [5, 5.41) is 13.3. The maximum atomic E-state index is 12.8. The summed E-state index contributed by atoms with van der Waals surface area (Å²) in [6, 6.07) is 7.15. The van der Waals surface area contributed by atoms with E-state index in [-0.39, 0.29) is 17.2 Å². The molecule has 0 radical (unpaired) electrons. The summed E-state index contributed by atoms with van der Waals surface area (Å²) in [7, 11) is 0. The van der Waals surface area contributed by atoms with Crippen LogP contribution in [-0.2, 0) is 11.2 Å². The second kappa shape index (κ2) is 6.06. The number of amides is 1. The summed E-state index contributed by atoms with van der Waals surface area (Å²) in [6.45, 7) is 2.57. The van der Waals surface area contributed by atoms with E-state index < -0.39 is 0 Å². The number of benzene rings is 1. The Bertz CT molecular complexity index is 501. The van der Waals surface area contributed by atoms with Gasteiger partial charge in [0.15, 0.2) is 0 Å². The lowest BCUT2D eigenvalue weighted by atomic mass is 9.78. The van der Waals surface area contributed by atoms with E-state index in [0.717, 1.165) is 38.0 Å². The van der Waals surface area contributed by atoms with Crippen LogP contribution in [0.4, 0.5) is 0 Å². The van der Waals surface area contributed by atoms with E-state index in [1.165, 1.54) is 19.3 Å². The fourth-order valence-electron chi connectivity index (χ4n) is 3.81. The van der Waals surface area contributed by atoms with Crippen molar-refractivity contribution in [2.24, 2.45) is 0 Å². The number of nitrogens with one attached hydrogen (secondary N) is 1. The standard InChI is InChI=1S/C17H24N2O2/c20-15-7-3-2-6-14(15)12-16(21)19-11-10-18-13-17(19)8-4-1-5-9-17/h2-3,6-7,18,20H,1,4-5,8-13H2. The van der Waals surface area contributed by atoms with E-state index in [1.807, 2.05) is 12.1 Å². The zero-order valence-corrected chi connectivity index (χ0v) is 12.5. The minimum absolute atomic E-state index is 0.0119. The zero-order chi connectivity index (χ0) is 14.7. The lowest BCUT2D eigenvalue weighted by Crippen LogP contribution is -2.63. The molecule has 1 amide bonds. The molecule has 1 aliphatic carbocycles. The molecule has 4 nitrogen and oxygen atoms in total. The summed E-state index contributed by atoms with van der Waals surface area (Å²) in [5.41, 5.74) is 0.741. The number of piperazine rings is 1. The number of rotatable bonds is 2. The predicted molar refractivity (Wildman–Crippen MR) is 82.2 cm³/mol. The number of carbonyl (C=O) groups is 1. The highest BCUT2D eigenvalue weighted by atomic mass is 16.3. The Balaban J connectivity index is 1.77. The average molecular weight is 288 g/mol. The first-order valence-corrected chi connectivity index (χ1v) is 7.99. The number of phenolic OH excluding ortho intramolecular Hbond substituents is 1. The Labute approximate surface area is 126 Å². The molecule has 2 N–H and O–H groups in total. The third-order valence-corrected chi connectivity index (χ3v) is 4.96. The van der Waals surface area contributed by atoms with Gasteiger partial charge in [-0.2, -0.15) is 0 Å². The van der Waals surface area contributed by atoms with Crippen LogP contribution in [0, 0.1) is 0 Å². The molecule has 0 aromatic heterocycles. The maximum absolute atomic E-state index is 12.8. The number of para-hydroxylation sites is 1. The minimum atomic E-state index is 0.0119. The van der Waals surface area contributed by atoms with Crippen molar-refractivity contribution in [1.82, 2.24) is 10.2 Å². The molecule has 0 unspecified atom stereocenters. The summed E-state index contributed by atoms with van der Waals surface area (Å²) >= 11 is 0. The Morgan fingerprint density at radius 2 is 2.00 bits per heavy atom. The Morgan fingerprint density at radius 3 is 2.76 bits per heavy atom. The van der Waals surface area contributed by atoms with Gasteiger partial charge in [0.1, 0.15) is 5.75 Å². The highest BCUT2D eigenvalue weighted by Crippen LogP contribution is 2.35. The fourth-order valence-corrected chi connectivity index (χ4v) is 3.81. The van der Waals surface area contributed by atoms with E-state index in [2.05, 4.69) is 10.2 Å². The molecule has 114 valence electrons. The van der Waals surface area contributed by atoms with Crippen LogP contribution in [0.3, 0.4) is 0 Å². The lowest BCUT2D eigenvalue weighted by Gasteiger charge is -2.50. The van der Waals surface area contributed by atoms with Crippen molar-refractivity contribution in [3.8, 4) is 5.75 Å². The Hall–Kier alpha value is -1.55. The molecular weight excluding hydrogens is 264 g/mol. The molecule has 1 heterocycles. The van der Waals surface area contributed by atoms with Gasteiger partial charge >= 0.3 is 0 Å². The number of hydrogen-bond donors (Lipinski definition) is 2. The molecule has 21 heavy (non-hydrogen) atoms. The van der Waals surface area contributed by atoms with Gasteiger partial charge in [0.25, 0.3) is 0 Å². The molecule has 1 aliphatic heterocycles. The van der Waals surface area contributed by atoms with E-state index in [1.54, 1.807) is 12.1 Å². The van der Waals surface area contributed by atoms with Crippen molar-refractivity contribution >= 4 is 5.91 Å². The maximum Gasteiger partial charge on any atom is 0.227 e. The van der Waals surface area contributed by atoms with Crippen LogP contribution in [0.15, 0.2) is 24.3 Å². The average Bonchev–Trinajstić information content (AvgIpc) is 2.51. The molecule has 0 bridgehead atoms. The summed E-state index contributed by atoms with van der Waals surface area (Å²) in [6.07, 6.45) is 6.21. The number of hydrogen-bond acceptors (Lipinski definition) is 3. The normalized spacial score (nSPS) is 21.4. The highest BCUT2D eigenvalue weighted by molar-refractivity contribution is 5.80. The fraction of sp³-hybridized carbons (Fsp3) is 0.588. The first-order chi connectivity index (χ1) is 10.2. The van der Waals surface area contributed by atoms with Gasteiger partial charge in [-0.15, -0.1) is 0 Å². The molecule has 2 fully saturated rings. The second-order valence-electron chi connectivity index (χ2n) is 6.31. The van der Waals surface area contributed by atoms with Crippen LogP contribution < -0.4 is 5.32 Å². The topological polar surface area (TPSA) is 52.6 Å². The zero-order valence-electron chi connectivity index (χ0n) is 12.5. The van der Waals surface area contributed by atoms with Crippen LogP contribution in [0.5, 0.6) is 5.75 Å². The van der Waals surface area contributed by atoms with Gasteiger partial charge in [-0.25, -0.2) is 0 Å². The predicted octanol–water partition coefficient (Wildman–Crippen LogP) is 2.07. The van der Waals surface area contributed by atoms with Crippen molar-refractivity contribution in [2.45, 2.75) is 44.1 Å². The Kier molecular flexibility index (Phi) is 4.15. The van der Waals surface area contributed by atoms with Crippen molar-refractivity contribution < 1.29 is 9.90 Å². The van der Waals surface area contributed by atoms with Crippen molar-refractivity contribution in [1.29, 1.82) is 0 Å². The van der Waals surface area contributed by atoms with E-state index in [9.17, 15) is 9.90 Å². The Morgan fingerprint density at radius 1 is 1.24 bits per heavy atom. The van der Waals surface area contributed by atoms with E-state index in [4.69, 9.17) is 0 Å². The largest absolute Gasteiger partial charge is 0.508 e. The minimum Gasteiger partial charge on any atom is -0.508 e. The van der Waals surface area contributed by atoms with Gasteiger partial charge in [-0.3, -0.25) is 4.79 Å². The molecule has 2 aliphatic rings. The monoisotopic (exact) mass is 288 g/mol. The lowest BCUT2D eigenvalue weighted by molar-refractivity contribution is -0.140. The van der Waals surface area contributed by atoms with Crippen LogP contribution in [0.2, 0.25) is 0 Å². The van der Waals surface area contributed by atoms with E-state index in [0.29, 0.717) is 6.42 Å². The van der Waals surface area contributed by atoms with Crippen molar-refractivity contribution in [3.05, 3.63) is 29.8 Å². The van der Waals surface area contributed by atoms with Crippen molar-refractivity contribution in [3.63, 3.8) is 0 Å². The summed E-state index contributed by atoms with van der Waals surface area (Å²) in [4.78, 5) is 14.9. The smallest absolute Gasteiger partial charge is 0.227 e. The van der Waals surface area contributed by atoms with Crippen LogP contribution >= 0.6 is 0 Å². The molecule has 1 saturated carbocycles. The van der Waals surface area contributed by atoms with Crippen LogP contribution in [-0.4, -0.2) is 41.1 Å². The highest BCUT2D eigenvalue weighted by Gasteiger charge is 2.41. The molecule has 1 aromatic rings. The summed E-state index contributed by atoms with van der Waals surface area (Å²) < 4.78 is 0.